The van der Waals surface area contributed by atoms with Crippen LogP contribution in [0.15, 0.2) is 18.2 Å². The molecule has 19 heavy (non-hydrogen) atoms. The average Bonchev–Trinajstić information content (AvgIpc) is 2.75. The summed E-state index contributed by atoms with van der Waals surface area (Å²) < 4.78 is 0. The Balaban J connectivity index is 2.21. The van der Waals surface area contributed by atoms with Gasteiger partial charge in [-0.1, -0.05) is 18.9 Å². The van der Waals surface area contributed by atoms with E-state index in [2.05, 4.69) is 0 Å². The summed E-state index contributed by atoms with van der Waals surface area (Å²) in [5.41, 5.74) is 0.945. The van der Waals surface area contributed by atoms with Gasteiger partial charge in [0.25, 0.3) is 5.69 Å². The van der Waals surface area contributed by atoms with Crippen LogP contribution < -0.4 is 4.90 Å². The largest absolute Gasteiger partial charge is 0.388 e. The van der Waals surface area contributed by atoms with Gasteiger partial charge >= 0.3 is 0 Å². The van der Waals surface area contributed by atoms with E-state index in [0.717, 1.165) is 31.4 Å². The Bertz CT molecular complexity index is 482. The van der Waals surface area contributed by atoms with Crippen LogP contribution in [0, 0.1) is 17.0 Å². The molecule has 0 heterocycles. The van der Waals surface area contributed by atoms with E-state index >= 15 is 0 Å². The normalized spacial score (nSPS) is 17.4. The van der Waals surface area contributed by atoms with Crippen molar-refractivity contribution in [1.29, 1.82) is 0 Å². The third-order valence-electron chi connectivity index (χ3n) is 3.95. The summed E-state index contributed by atoms with van der Waals surface area (Å²) >= 11 is 0. The third kappa shape index (κ3) is 2.87. The van der Waals surface area contributed by atoms with Crippen LogP contribution in [-0.2, 0) is 0 Å². The molecule has 0 bridgehead atoms. The number of hydrogen-bond donors (Lipinski definition) is 1. The number of likely N-dealkylation sites (N-methyl/N-ethyl adjacent to an activating group) is 1. The Morgan fingerprint density at radius 3 is 2.63 bits per heavy atom. The van der Waals surface area contributed by atoms with E-state index in [4.69, 9.17) is 0 Å². The molecular weight excluding hydrogens is 244 g/mol. The van der Waals surface area contributed by atoms with Crippen LogP contribution in [0.3, 0.4) is 0 Å². The van der Waals surface area contributed by atoms with E-state index in [1.54, 1.807) is 13.0 Å². The minimum atomic E-state index is -0.647. The molecule has 1 saturated carbocycles. The molecule has 0 unspecified atom stereocenters. The van der Waals surface area contributed by atoms with Gasteiger partial charge in [0.15, 0.2) is 0 Å². The predicted octanol–water partition coefficient (Wildman–Crippen LogP) is 2.64. The quantitative estimate of drug-likeness (QED) is 0.670. The van der Waals surface area contributed by atoms with Crippen molar-refractivity contribution in [3.63, 3.8) is 0 Å². The van der Waals surface area contributed by atoms with Crippen LogP contribution in [0.5, 0.6) is 0 Å². The average molecular weight is 264 g/mol. The Kier molecular flexibility index (Phi) is 3.75. The maximum Gasteiger partial charge on any atom is 0.274 e. The number of nitro benzene ring substituents is 1. The van der Waals surface area contributed by atoms with Gasteiger partial charge in [0.2, 0.25) is 0 Å². The summed E-state index contributed by atoms with van der Waals surface area (Å²) in [4.78, 5) is 12.5. The van der Waals surface area contributed by atoms with Crippen LogP contribution in [-0.4, -0.2) is 29.2 Å². The van der Waals surface area contributed by atoms with Crippen molar-refractivity contribution in [3.8, 4) is 0 Å². The number of nitro groups is 1. The molecule has 2 rings (SSSR count). The van der Waals surface area contributed by atoms with E-state index in [1.807, 2.05) is 18.0 Å². The first kappa shape index (κ1) is 13.8. The molecule has 0 aromatic heterocycles. The van der Waals surface area contributed by atoms with Crippen molar-refractivity contribution in [1.82, 2.24) is 0 Å². The Morgan fingerprint density at radius 1 is 1.42 bits per heavy atom. The predicted molar refractivity (Wildman–Crippen MR) is 74.5 cm³/mol. The third-order valence-corrected chi connectivity index (χ3v) is 3.95. The lowest BCUT2D eigenvalue weighted by molar-refractivity contribution is -0.385. The Hall–Kier alpha value is -1.62. The second kappa shape index (κ2) is 5.17. The molecule has 0 aliphatic heterocycles. The number of hydrogen-bond acceptors (Lipinski definition) is 4. The monoisotopic (exact) mass is 264 g/mol. The lowest BCUT2D eigenvalue weighted by atomic mass is 10.0. The molecule has 104 valence electrons. The topological polar surface area (TPSA) is 66.6 Å². The molecule has 1 aromatic rings. The van der Waals surface area contributed by atoms with Crippen molar-refractivity contribution in [2.45, 2.75) is 38.2 Å². The fourth-order valence-corrected chi connectivity index (χ4v) is 2.94. The molecule has 5 heteroatoms. The van der Waals surface area contributed by atoms with Crippen molar-refractivity contribution >= 4 is 11.4 Å². The Labute approximate surface area is 113 Å². The van der Waals surface area contributed by atoms with Gasteiger partial charge in [0.05, 0.1) is 10.5 Å². The smallest absolute Gasteiger partial charge is 0.274 e. The van der Waals surface area contributed by atoms with Crippen molar-refractivity contribution < 1.29 is 10.0 Å². The summed E-state index contributed by atoms with van der Waals surface area (Å²) in [5.74, 6) is 0. The number of benzene rings is 1. The Morgan fingerprint density at radius 2 is 2.05 bits per heavy atom. The maximum atomic E-state index is 10.9. The first-order chi connectivity index (χ1) is 8.93. The zero-order chi connectivity index (χ0) is 14.0. The molecule has 0 radical (unpaired) electrons. The van der Waals surface area contributed by atoms with Gasteiger partial charge < -0.3 is 10.0 Å². The number of nitrogens with zero attached hydrogens (tertiary/aromatic N) is 2. The van der Waals surface area contributed by atoms with Crippen LogP contribution in [0.1, 0.15) is 31.2 Å². The maximum absolute atomic E-state index is 10.9. The highest BCUT2D eigenvalue weighted by atomic mass is 16.6. The summed E-state index contributed by atoms with van der Waals surface area (Å²) in [5, 5.41) is 21.4. The molecule has 1 aromatic carbocycles. The second-order valence-electron chi connectivity index (χ2n) is 5.47. The zero-order valence-corrected chi connectivity index (χ0v) is 11.4. The fraction of sp³-hybridized carbons (Fsp3) is 0.571. The molecule has 1 N–H and O–H groups in total. The van der Waals surface area contributed by atoms with Gasteiger partial charge in [0.1, 0.15) is 0 Å². The molecule has 1 aliphatic carbocycles. The standard InChI is InChI=1S/C14H20N2O3/c1-11-12(6-5-7-13(11)16(18)19)15(2)10-14(17)8-3-4-9-14/h5-7,17H,3-4,8-10H2,1-2H3. The van der Waals surface area contributed by atoms with Crippen LogP contribution in [0.25, 0.3) is 0 Å². The first-order valence-corrected chi connectivity index (χ1v) is 6.60. The summed E-state index contributed by atoms with van der Waals surface area (Å²) in [7, 11) is 1.88. The summed E-state index contributed by atoms with van der Waals surface area (Å²) in [6.07, 6.45) is 3.73. The van der Waals surface area contributed by atoms with Gasteiger partial charge in [-0.2, -0.15) is 0 Å². The van der Waals surface area contributed by atoms with E-state index in [9.17, 15) is 15.2 Å². The van der Waals surface area contributed by atoms with Crippen molar-refractivity contribution in [3.05, 3.63) is 33.9 Å². The SMILES string of the molecule is Cc1c(N(C)CC2(O)CCCC2)cccc1[N+](=O)[O-]. The van der Waals surface area contributed by atoms with E-state index in [1.165, 1.54) is 6.07 Å². The number of anilines is 1. The molecular formula is C14H20N2O3. The van der Waals surface area contributed by atoms with Crippen molar-refractivity contribution in [2.24, 2.45) is 0 Å². The van der Waals surface area contributed by atoms with Crippen LogP contribution >= 0.6 is 0 Å². The van der Waals surface area contributed by atoms with Gasteiger partial charge in [-0.15, -0.1) is 0 Å². The van der Waals surface area contributed by atoms with E-state index < -0.39 is 5.60 Å². The fourth-order valence-electron chi connectivity index (χ4n) is 2.94. The highest BCUT2D eigenvalue weighted by Gasteiger charge is 2.32. The number of aliphatic hydroxyl groups is 1. The summed E-state index contributed by atoms with van der Waals surface area (Å²) in [6.45, 7) is 2.28. The molecule has 1 aliphatic rings. The lowest BCUT2D eigenvalue weighted by Gasteiger charge is -2.30. The van der Waals surface area contributed by atoms with Gasteiger partial charge in [-0.05, 0) is 25.8 Å². The highest BCUT2D eigenvalue weighted by molar-refractivity contribution is 5.61. The molecule has 0 saturated heterocycles. The van der Waals surface area contributed by atoms with Crippen LogP contribution in [0.2, 0.25) is 0 Å². The second-order valence-corrected chi connectivity index (χ2v) is 5.47. The lowest BCUT2D eigenvalue weighted by Crippen LogP contribution is -2.39. The highest BCUT2D eigenvalue weighted by Crippen LogP contribution is 2.33. The van der Waals surface area contributed by atoms with Gasteiger partial charge in [-0.3, -0.25) is 10.1 Å². The number of rotatable bonds is 4. The molecule has 0 amide bonds. The van der Waals surface area contributed by atoms with Crippen LogP contribution in [0.4, 0.5) is 11.4 Å². The summed E-state index contributed by atoms with van der Waals surface area (Å²) in [6, 6.07) is 5.06. The zero-order valence-electron chi connectivity index (χ0n) is 11.4. The first-order valence-electron chi connectivity index (χ1n) is 6.60. The molecule has 0 spiro atoms. The van der Waals surface area contributed by atoms with E-state index in [-0.39, 0.29) is 10.6 Å². The van der Waals surface area contributed by atoms with E-state index in [0.29, 0.717) is 12.1 Å². The molecule has 0 atom stereocenters. The molecule has 1 fully saturated rings. The van der Waals surface area contributed by atoms with Crippen molar-refractivity contribution in [2.75, 3.05) is 18.5 Å². The minimum Gasteiger partial charge on any atom is -0.388 e. The van der Waals surface area contributed by atoms with Gasteiger partial charge in [0, 0.05) is 30.9 Å². The van der Waals surface area contributed by atoms with Gasteiger partial charge in [-0.25, -0.2) is 0 Å². The molecule has 5 nitrogen and oxygen atoms in total. The minimum absolute atomic E-state index is 0.128.